The van der Waals surface area contributed by atoms with Crippen LogP contribution in [0.15, 0.2) is 28.8 Å². The number of hydrogen-bond acceptors (Lipinski definition) is 5. The normalized spacial score (nSPS) is 11.3. The van der Waals surface area contributed by atoms with E-state index in [1.54, 1.807) is 19.9 Å². The van der Waals surface area contributed by atoms with Gasteiger partial charge in [0.25, 0.3) is 0 Å². The number of rotatable bonds is 5. The maximum atomic E-state index is 12.1. The molecule has 0 saturated heterocycles. The minimum atomic E-state index is -3.78. The van der Waals surface area contributed by atoms with Gasteiger partial charge in [0.15, 0.2) is 0 Å². The van der Waals surface area contributed by atoms with Crippen LogP contribution < -0.4 is 4.72 Å². The average Bonchev–Trinajstić information content (AvgIpc) is 2.75. The zero-order chi connectivity index (χ0) is 15.6. The van der Waals surface area contributed by atoms with Crippen molar-refractivity contribution in [2.24, 2.45) is 0 Å². The Morgan fingerprint density at radius 3 is 2.62 bits per heavy atom. The second-order valence-electron chi connectivity index (χ2n) is 4.64. The summed E-state index contributed by atoms with van der Waals surface area (Å²) in [5.74, 6) is -1.09. The summed E-state index contributed by atoms with van der Waals surface area (Å²) in [6, 6.07) is 5.96. The van der Waals surface area contributed by atoms with Crippen molar-refractivity contribution >= 4 is 21.7 Å². The van der Waals surface area contributed by atoms with E-state index in [9.17, 15) is 13.2 Å². The first-order valence-corrected chi connectivity index (χ1v) is 7.69. The topological polar surface area (TPSA) is 110 Å². The van der Waals surface area contributed by atoms with Gasteiger partial charge in [-0.3, -0.25) is 4.72 Å². The highest BCUT2D eigenvalue weighted by molar-refractivity contribution is 7.91. The molecular formula is C13H14N2O5S. The molecule has 0 aliphatic heterocycles. The fourth-order valence-electron chi connectivity index (χ4n) is 1.81. The van der Waals surface area contributed by atoms with Gasteiger partial charge in [0.2, 0.25) is 10.0 Å². The van der Waals surface area contributed by atoms with Crippen LogP contribution >= 0.6 is 0 Å². The Kier molecular flexibility index (Phi) is 3.99. The van der Waals surface area contributed by atoms with Crippen molar-refractivity contribution in [2.45, 2.75) is 19.6 Å². The van der Waals surface area contributed by atoms with Crippen molar-refractivity contribution < 1.29 is 22.8 Å². The molecule has 1 heterocycles. The summed E-state index contributed by atoms with van der Waals surface area (Å²) in [6.07, 6.45) is 0. The van der Waals surface area contributed by atoms with Crippen molar-refractivity contribution in [3.8, 4) is 0 Å². The molecule has 1 aromatic heterocycles. The first kappa shape index (κ1) is 15.0. The lowest BCUT2D eigenvalue weighted by molar-refractivity contribution is 0.0698. The molecule has 0 spiro atoms. The van der Waals surface area contributed by atoms with E-state index < -0.39 is 21.7 Å². The summed E-state index contributed by atoms with van der Waals surface area (Å²) < 4.78 is 31.2. The van der Waals surface area contributed by atoms with Crippen molar-refractivity contribution in [1.29, 1.82) is 0 Å². The molecule has 7 nitrogen and oxygen atoms in total. The molecule has 0 radical (unpaired) electrons. The fourth-order valence-corrected chi connectivity index (χ4v) is 2.92. The first-order chi connectivity index (χ1) is 9.77. The number of nitrogens with zero attached hydrogens (tertiary/aromatic N) is 1. The largest absolute Gasteiger partial charge is 0.478 e. The van der Waals surface area contributed by atoms with E-state index in [4.69, 9.17) is 9.63 Å². The lowest BCUT2D eigenvalue weighted by Crippen LogP contribution is -2.17. The van der Waals surface area contributed by atoms with Crippen LogP contribution in [0, 0.1) is 13.8 Å². The number of carbonyl (C=O) groups is 1. The Hall–Kier alpha value is -2.35. The van der Waals surface area contributed by atoms with Crippen molar-refractivity contribution in [2.75, 3.05) is 4.72 Å². The molecule has 0 aliphatic carbocycles. The number of aryl methyl sites for hydroxylation is 2. The Bertz CT molecular complexity index is 780. The maximum absolute atomic E-state index is 12.1. The molecule has 2 N–H and O–H groups in total. The molecule has 8 heteroatoms. The molecule has 0 unspecified atom stereocenters. The van der Waals surface area contributed by atoms with Gasteiger partial charge in [0, 0.05) is 6.07 Å². The van der Waals surface area contributed by atoms with Gasteiger partial charge in [0.05, 0.1) is 11.3 Å². The standard InChI is InChI=1S/C13H14N2O5S/c1-8-3-4-12(11(5-8)13(16)17)15-21(18,19)7-10-6-9(2)20-14-10/h3-6,15H,7H2,1-2H3,(H,16,17). The second-order valence-corrected chi connectivity index (χ2v) is 6.37. The SMILES string of the molecule is Cc1ccc(NS(=O)(=O)Cc2cc(C)on2)c(C(=O)O)c1. The molecular weight excluding hydrogens is 296 g/mol. The molecule has 0 amide bonds. The number of carboxylic acid groups (broad SMARTS) is 1. The number of benzene rings is 1. The van der Waals surface area contributed by atoms with E-state index in [0.717, 1.165) is 5.56 Å². The smallest absolute Gasteiger partial charge is 0.337 e. The molecule has 112 valence electrons. The van der Waals surface area contributed by atoms with E-state index in [0.29, 0.717) is 5.76 Å². The van der Waals surface area contributed by atoms with Crippen LogP contribution in [0.5, 0.6) is 0 Å². The molecule has 1 aromatic carbocycles. The van der Waals surface area contributed by atoms with Gasteiger partial charge in [0.1, 0.15) is 17.2 Å². The maximum Gasteiger partial charge on any atom is 0.337 e. The Morgan fingerprint density at radius 2 is 2.05 bits per heavy atom. The summed E-state index contributed by atoms with van der Waals surface area (Å²) in [5, 5.41) is 12.7. The van der Waals surface area contributed by atoms with E-state index in [1.807, 2.05) is 0 Å². The van der Waals surface area contributed by atoms with Crippen LogP contribution in [-0.2, 0) is 15.8 Å². The first-order valence-electron chi connectivity index (χ1n) is 6.03. The molecule has 21 heavy (non-hydrogen) atoms. The number of hydrogen-bond donors (Lipinski definition) is 2. The minimum Gasteiger partial charge on any atom is -0.478 e. The van der Waals surface area contributed by atoms with Crippen LogP contribution in [0.3, 0.4) is 0 Å². The lowest BCUT2D eigenvalue weighted by Gasteiger charge is -2.10. The average molecular weight is 310 g/mol. The second kappa shape index (κ2) is 5.57. The van der Waals surface area contributed by atoms with E-state index in [-0.39, 0.29) is 16.9 Å². The van der Waals surface area contributed by atoms with Crippen molar-refractivity contribution in [3.05, 3.63) is 46.8 Å². The number of aromatic nitrogens is 1. The summed E-state index contributed by atoms with van der Waals surface area (Å²) in [4.78, 5) is 11.2. The molecule has 0 aliphatic rings. The van der Waals surface area contributed by atoms with Crippen molar-refractivity contribution in [1.82, 2.24) is 5.16 Å². The Labute approximate surface area is 121 Å². The monoisotopic (exact) mass is 310 g/mol. The number of carboxylic acids is 1. The highest BCUT2D eigenvalue weighted by Crippen LogP contribution is 2.20. The highest BCUT2D eigenvalue weighted by Gasteiger charge is 2.18. The van der Waals surface area contributed by atoms with E-state index in [1.165, 1.54) is 18.2 Å². The van der Waals surface area contributed by atoms with E-state index >= 15 is 0 Å². The predicted molar refractivity (Wildman–Crippen MR) is 75.6 cm³/mol. The van der Waals surface area contributed by atoms with Crippen LogP contribution in [-0.4, -0.2) is 24.7 Å². The molecule has 0 atom stereocenters. The zero-order valence-corrected chi connectivity index (χ0v) is 12.3. The van der Waals surface area contributed by atoms with E-state index in [2.05, 4.69) is 9.88 Å². The van der Waals surface area contributed by atoms with Gasteiger partial charge in [-0.1, -0.05) is 16.8 Å². The predicted octanol–water partition coefficient (Wildman–Crippen LogP) is 1.93. The lowest BCUT2D eigenvalue weighted by atomic mass is 10.1. The third-order valence-corrected chi connectivity index (χ3v) is 3.89. The molecule has 0 bridgehead atoms. The van der Waals surface area contributed by atoms with Crippen LogP contribution in [0.1, 0.15) is 27.4 Å². The summed E-state index contributed by atoms with van der Waals surface area (Å²) in [6.45, 7) is 3.38. The summed E-state index contributed by atoms with van der Waals surface area (Å²) >= 11 is 0. The Morgan fingerprint density at radius 1 is 1.33 bits per heavy atom. The van der Waals surface area contributed by atoms with Gasteiger partial charge in [-0.15, -0.1) is 0 Å². The van der Waals surface area contributed by atoms with Crippen LogP contribution in [0.4, 0.5) is 5.69 Å². The summed E-state index contributed by atoms with van der Waals surface area (Å²) in [5.41, 5.74) is 0.898. The number of sulfonamides is 1. The quantitative estimate of drug-likeness (QED) is 0.873. The third-order valence-electron chi connectivity index (χ3n) is 2.69. The van der Waals surface area contributed by atoms with Gasteiger partial charge in [-0.2, -0.15) is 0 Å². The molecule has 2 rings (SSSR count). The molecule has 0 fully saturated rings. The fraction of sp³-hybridized carbons (Fsp3) is 0.231. The molecule has 2 aromatic rings. The van der Waals surface area contributed by atoms with Crippen molar-refractivity contribution in [3.63, 3.8) is 0 Å². The van der Waals surface area contributed by atoms with Gasteiger partial charge >= 0.3 is 5.97 Å². The number of nitrogens with one attached hydrogen (secondary N) is 1. The molecule has 0 saturated carbocycles. The highest BCUT2D eigenvalue weighted by atomic mass is 32.2. The van der Waals surface area contributed by atoms with Crippen LogP contribution in [0.2, 0.25) is 0 Å². The zero-order valence-electron chi connectivity index (χ0n) is 11.5. The van der Waals surface area contributed by atoms with Crippen LogP contribution in [0.25, 0.3) is 0 Å². The minimum absolute atomic E-state index is 0.0216. The number of anilines is 1. The number of aromatic carboxylic acids is 1. The Balaban J connectivity index is 2.26. The third kappa shape index (κ3) is 3.82. The van der Waals surface area contributed by atoms with Gasteiger partial charge < -0.3 is 9.63 Å². The summed E-state index contributed by atoms with van der Waals surface area (Å²) in [7, 11) is -3.78. The van der Waals surface area contributed by atoms with Gasteiger partial charge in [-0.25, -0.2) is 13.2 Å². The van der Waals surface area contributed by atoms with Gasteiger partial charge in [-0.05, 0) is 26.0 Å².